The van der Waals surface area contributed by atoms with Crippen LogP contribution < -0.4 is 5.32 Å². The van der Waals surface area contributed by atoms with Gasteiger partial charge in [0.25, 0.3) is 0 Å². The summed E-state index contributed by atoms with van der Waals surface area (Å²) < 4.78 is 26.7. The fourth-order valence-corrected chi connectivity index (χ4v) is 2.48. The number of carbonyl (C=O) groups excluding carboxylic acids is 1. The standard InChI is InChI=1S/C14H18F2N2O2/c1-13(9-4-10(15)6-11(16)5-9)7-18(3)14(2,8-19)12(20)17-13/h4-6,19H,7-8H2,1-3H3,(H,17,20)/t13-,14-/m1/s1. The zero-order valence-corrected chi connectivity index (χ0v) is 11.7. The topological polar surface area (TPSA) is 52.6 Å². The second-order valence-electron chi connectivity index (χ2n) is 5.73. The second kappa shape index (κ2) is 4.79. The molecule has 0 saturated carbocycles. The van der Waals surface area contributed by atoms with Gasteiger partial charge in [0.1, 0.15) is 17.2 Å². The molecule has 110 valence electrons. The molecule has 1 aliphatic rings. The molecule has 1 amide bonds. The fourth-order valence-electron chi connectivity index (χ4n) is 2.48. The Morgan fingerprint density at radius 1 is 1.30 bits per heavy atom. The van der Waals surface area contributed by atoms with E-state index in [0.29, 0.717) is 12.1 Å². The van der Waals surface area contributed by atoms with E-state index >= 15 is 0 Å². The Bertz CT molecular complexity index is 532. The third kappa shape index (κ3) is 2.29. The minimum atomic E-state index is -1.04. The summed E-state index contributed by atoms with van der Waals surface area (Å²) in [7, 11) is 1.70. The number of rotatable bonds is 2. The maximum atomic E-state index is 13.4. The minimum Gasteiger partial charge on any atom is -0.394 e. The minimum absolute atomic E-state index is 0.330. The molecular formula is C14H18F2N2O2. The van der Waals surface area contributed by atoms with E-state index in [9.17, 15) is 18.7 Å². The Hall–Kier alpha value is -1.53. The van der Waals surface area contributed by atoms with E-state index in [2.05, 4.69) is 5.32 Å². The lowest BCUT2D eigenvalue weighted by molar-refractivity contribution is -0.143. The van der Waals surface area contributed by atoms with Crippen molar-refractivity contribution < 1.29 is 18.7 Å². The summed E-state index contributed by atoms with van der Waals surface area (Å²) in [5, 5.41) is 12.2. The molecule has 4 nitrogen and oxygen atoms in total. The smallest absolute Gasteiger partial charge is 0.243 e. The van der Waals surface area contributed by atoms with Crippen LogP contribution in [0.15, 0.2) is 18.2 Å². The highest BCUT2D eigenvalue weighted by Crippen LogP contribution is 2.31. The molecule has 2 N–H and O–H groups in total. The van der Waals surface area contributed by atoms with E-state index in [4.69, 9.17) is 0 Å². The molecule has 1 heterocycles. The van der Waals surface area contributed by atoms with Crippen molar-refractivity contribution in [2.45, 2.75) is 24.9 Å². The molecule has 6 heteroatoms. The van der Waals surface area contributed by atoms with Gasteiger partial charge in [0.15, 0.2) is 0 Å². The van der Waals surface area contributed by atoms with E-state index in [0.717, 1.165) is 6.07 Å². The maximum Gasteiger partial charge on any atom is 0.243 e. The molecular weight excluding hydrogens is 266 g/mol. The lowest BCUT2D eigenvalue weighted by atomic mass is 9.84. The number of halogens is 2. The fraction of sp³-hybridized carbons (Fsp3) is 0.500. The van der Waals surface area contributed by atoms with Gasteiger partial charge in [0, 0.05) is 12.6 Å². The maximum absolute atomic E-state index is 13.4. The molecule has 0 aliphatic carbocycles. The molecule has 2 atom stereocenters. The highest BCUT2D eigenvalue weighted by Gasteiger charge is 2.48. The van der Waals surface area contributed by atoms with Crippen molar-refractivity contribution >= 4 is 5.91 Å². The van der Waals surface area contributed by atoms with Gasteiger partial charge >= 0.3 is 0 Å². The molecule has 0 aromatic heterocycles. The summed E-state index contributed by atoms with van der Waals surface area (Å²) in [5.74, 6) is -1.75. The first kappa shape index (κ1) is 14.9. The number of amides is 1. The second-order valence-corrected chi connectivity index (χ2v) is 5.73. The van der Waals surface area contributed by atoms with Crippen LogP contribution in [0, 0.1) is 11.6 Å². The first-order valence-corrected chi connectivity index (χ1v) is 6.32. The van der Waals surface area contributed by atoms with E-state index in [1.54, 1.807) is 25.8 Å². The summed E-state index contributed by atoms with van der Waals surface area (Å²) in [5.41, 5.74) is -1.59. The van der Waals surface area contributed by atoms with Gasteiger partial charge in [-0.3, -0.25) is 9.69 Å². The highest BCUT2D eigenvalue weighted by molar-refractivity contribution is 5.87. The van der Waals surface area contributed by atoms with E-state index in [-0.39, 0.29) is 12.5 Å². The Labute approximate surface area is 116 Å². The normalized spacial score (nSPS) is 31.2. The molecule has 2 rings (SSSR count). The Morgan fingerprint density at radius 2 is 1.85 bits per heavy atom. The van der Waals surface area contributed by atoms with Crippen molar-refractivity contribution in [2.24, 2.45) is 0 Å². The number of aliphatic hydroxyl groups is 1. The van der Waals surface area contributed by atoms with Crippen LogP contribution >= 0.6 is 0 Å². The quantitative estimate of drug-likeness (QED) is 0.851. The Balaban J connectivity index is 2.40. The third-order valence-electron chi connectivity index (χ3n) is 4.08. The number of hydrogen-bond donors (Lipinski definition) is 2. The highest BCUT2D eigenvalue weighted by atomic mass is 19.1. The number of hydrogen-bond acceptors (Lipinski definition) is 3. The molecule has 0 spiro atoms. The summed E-state index contributed by atoms with van der Waals surface area (Å²) in [6, 6.07) is 3.21. The number of benzene rings is 1. The summed E-state index contributed by atoms with van der Waals surface area (Å²) >= 11 is 0. The predicted molar refractivity (Wildman–Crippen MR) is 70.0 cm³/mol. The Morgan fingerprint density at radius 3 is 2.30 bits per heavy atom. The largest absolute Gasteiger partial charge is 0.394 e. The number of nitrogens with zero attached hydrogens (tertiary/aromatic N) is 1. The number of nitrogens with one attached hydrogen (secondary N) is 1. The van der Waals surface area contributed by atoms with Crippen LogP contribution in [-0.2, 0) is 10.3 Å². The van der Waals surface area contributed by atoms with Crippen molar-refractivity contribution in [3.05, 3.63) is 35.4 Å². The molecule has 0 unspecified atom stereocenters. The van der Waals surface area contributed by atoms with Gasteiger partial charge in [-0.15, -0.1) is 0 Å². The zero-order chi connectivity index (χ0) is 15.1. The van der Waals surface area contributed by atoms with E-state index in [1.807, 2.05) is 0 Å². The van der Waals surface area contributed by atoms with Crippen LogP contribution in [0.5, 0.6) is 0 Å². The number of likely N-dealkylation sites (N-methyl/N-ethyl adjacent to an activating group) is 1. The molecule has 0 bridgehead atoms. The first-order valence-electron chi connectivity index (χ1n) is 6.32. The van der Waals surface area contributed by atoms with Crippen LogP contribution in [0.2, 0.25) is 0 Å². The monoisotopic (exact) mass is 284 g/mol. The average molecular weight is 284 g/mol. The summed E-state index contributed by atoms with van der Waals surface area (Å²) in [6.07, 6.45) is 0. The van der Waals surface area contributed by atoms with Gasteiger partial charge < -0.3 is 10.4 Å². The Kier molecular flexibility index (Phi) is 3.56. The molecule has 20 heavy (non-hydrogen) atoms. The van der Waals surface area contributed by atoms with Gasteiger partial charge in [0.05, 0.1) is 12.1 Å². The third-order valence-corrected chi connectivity index (χ3v) is 4.08. The summed E-state index contributed by atoms with van der Waals surface area (Å²) in [4.78, 5) is 13.9. The average Bonchev–Trinajstić information content (AvgIpc) is 2.34. The molecule has 1 aromatic carbocycles. The molecule has 1 aromatic rings. The SMILES string of the molecule is CN1C[C@](C)(c2cc(F)cc(F)c2)NC(=O)[C@@]1(C)CO. The van der Waals surface area contributed by atoms with Crippen LogP contribution in [0.1, 0.15) is 19.4 Å². The molecule has 0 radical (unpaired) electrons. The van der Waals surface area contributed by atoms with Crippen LogP contribution in [0.25, 0.3) is 0 Å². The van der Waals surface area contributed by atoms with Crippen molar-refractivity contribution in [2.75, 3.05) is 20.2 Å². The lowest BCUT2D eigenvalue weighted by Crippen LogP contribution is -2.70. The van der Waals surface area contributed by atoms with Crippen LogP contribution in [-0.4, -0.2) is 41.7 Å². The first-order chi connectivity index (χ1) is 9.21. The van der Waals surface area contributed by atoms with E-state index in [1.165, 1.54) is 12.1 Å². The predicted octanol–water partition coefficient (Wildman–Crippen LogP) is 0.993. The summed E-state index contributed by atoms with van der Waals surface area (Å²) in [6.45, 7) is 3.32. The van der Waals surface area contributed by atoms with Crippen LogP contribution in [0.4, 0.5) is 8.78 Å². The number of aliphatic hydroxyl groups excluding tert-OH is 1. The van der Waals surface area contributed by atoms with Crippen LogP contribution in [0.3, 0.4) is 0 Å². The molecule has 1 fully saturated rings. The molecule has 1 aliphatic heterocycles. The van der Waals surface area contributed by atoms with Gasteiger partial charge in [-0.25, -0.2) is 8.78 Å². The molecule has 1 saturated heterocycles. The lowest BCUT2D eigenvalue weighted by Gasteiger charge is -2.48. The van der Waals surface area contributed by atoms with Crippen molar-refractivity contribution in [1.29, 1.82) is 0 Å². The zero-order valence-electron chi connectivity index (χ0n) is 11.7. The van der Waals surface area contributed by atoms with Crippen molar-refractivity contribution in [3.8, 4) is 0 Å². The number of piperazine rings is 1. The number of carbonyl (C=O) groups is 1. The van der Waals surface area contributed by atoms with Crippen molar-refractivity contribution in [3.63, 3.8) is 0 Å². The van der Waals surface area contributed by atoms with Gasteiger partial charge in [-0.05, 0) is 38.6 Å². The van der Waals surface area contributed by atoms with Crippen molar-refractivity contribution in [1.82, 2.24) is 10.2 Å². The van der Waals surface area contributed by atoms with Gasteiger partial charge in [0.2, 0.25) is 5.91 Å². The van der Waals surface area contributed by atoms with E-state index < -0.39 is 22.7 Å². The van der Waals surface area contributed by atoms with Gasteiger partial charge in [-0.2, -0.15) is 0 Å². The van der Waals surface area contributed by atoms with Gasteiger partial charge in [-0.1, -0.05) is 0 Å².